The minimum absolute atomic E-state index is 0.0142. The highest BCUT2D eigenvalue weighted by Gasteiger charge is 2.16. The Bertz CT molecular complexity index is 424. The molecule has 0 amide bonds. The van der Waals surface area contributed by atoms with Crippen molar-refractivity contribution in [1.82, 2.24) is 0 Å². The summed E-state index contributed by atoms with van der Waals surface area (Å²) < 4.78 is 6.41. The van der Waals surface area contributed by atoms with Crippen LogP contribution in [0.15, 0.2) is 22.7 Å². The number of hydrogen-bond acceptors (Lipinski definition) is 3. The van der Waals surface area contributed by atoms with E-state index in [1.54, 1.807) is 0 Å². The third-order valence-corrected chi connectivity index (χ3v) is 3.09. The predicted molar refractivity (Wildman–Crippen MR) is 69.6 cm³/mol. The number of nitriles is 1. The van der Waals surface area contributed by atoms with Gasteiger partial charge in [0.1, 0.15) is 5.75 Å². The zero-order valence-electron chi connectivity index (χ0n) is 10.0. The zero-order valence-corrected chi connectivity index (χ0v) is 11.6. The molecule has 0 unspecified atom stereocenters. The Kier molecular flexibility index (Phi) is 4.98. The molecular weight excluding hydrogens is 282 g/mol. The van der Waals surface area contributed by atoms with Crippen LogP contribution in [0.2, 0.25) is 0 Å². The Labute approximate surface area is 110 Å². The lowest BCUT2D eigenvalue weighted by Gasteiger charge is -2.16. The topological polar surface area (TPSA) is 53.2 Å². The minimum Gasteiger partial charge on any atom is -0.492 e. The van der Waals surface area contributed by atoms with Crippen LogP contribution in [0.3, 0.4) is 0 Å². The van der Waals surface area contributed by atoms with Gasteiger partial charge in [0.05, 0.1) is 29.2 Å². The summed E-state index contributed by atoms with van der Waals surface area (Å²) in [6, 6.07) is 7.69. The lowest BCUT2D eigenvalue weighted by Crippen LogP contribution is -2.13. The van der Waals surface area contributed by atoms with Gasteiger partial charge in [-0.25, -0.2) is 0 Å². The highest BCUT2D eigenvalue weighted by Crippen LogP contribution is 2.27. The van der Waals surface area contributed by atoms with Gasteiger partial charge in [0.15, 0.2) is 0 Å². The van der Waals surface area contributed by atoms with E-state index in [2.05, 4.69) is 22.0 Å². The van der Waals surface area contributed by atoms with E-state index < -0.39 is 0 Å². The van der Waals surface area contributed by atoms with E-state index in [9.17, 15) is 0 Å². The van der Waals surface area contributed by atoms with Crippen molar-refractivity contribution in [2.75, 3.05) is 6.61 Å². The summed E-state index contributed by atoms with van der Waals surface area (Å²) in [7, 11) is 0. The molecule has 0 bridgehead atoms. The van der Waals surface area contributed by atoms with Crippen molar-refractivity contribution in [3.05, 3.63) is 28.2 Å². The summed E-state index contributed by atoms with van der Waals surface area (Å²) in [6.45, 7) is 4.29. The molecule has 0 spiro atoms. The van der Waals surface area contributed by atoms with Crippen LogP contribution in [-0.4, -0.2) is 11.7 Å². The van der Waals surface area contributed by atoms with Crippen LogP contribution in [-0.2, 0) is 6.61 Å². The SMILES string of the molecule is CC(C)(C#N)CCOc1ccc(CO)cc1Br. The summed E-state index contributed by atoms with van der Waals surface area (Å²) in [5, 5.41) is 17.8. The molecule has 0 saturated carbocycles. The largest absolute Gasteiger partial charge is 0.492 e. The van der Waals surface area contributed by atoms with Gasteiger partial charge in [0.25, 0.3) is 0 Å². The lowest BCUT2D eigenvalue weighted by molar-refractivity contribution is 0.262. The summed E-state index contributed by atoms with van der Waals surface area (Å²) in [6.07, 6.45) is 0.678. The molecular formula is C13H16BrNO2. The molecule has 1 aromatic rings. The van der Waals surface area contributed by atoms with Crippen LogP contribution in [0.1, 0.15) is 25.8 Å². The lowest BCUT2D eigenvalue weighted by atomic mass is 9.92. The first-order valence-electron chi connectivity index (χ1n) is 5.42. The van der Waals surface area contributed by atoms with Crippen LogP contribution < -0.4 is 4.74 Å². The fourth-order valence-electron chi connectivity index (χ4n) is 1.23. The Morgan fingerprint density at radius 3 is 2.71 bits per heavy atom. The van der Waals surface area contributed by atoms with Crippen molar-refractivity contribution < 1.29 is 9.84 Å². The summed E-state index contributed by atoms with van der Waals surface area (Å²) in [5.74, 6) is 0.732. The number of ether oxygens (including phenoxy) is 1. The number of nitrogens with zero attached hydrogens (tertiary/aromatic N) is 1. The molecule has 0 heterocycles. The van der Waals surface area contributed by atoms with E-state index in [1.165, 1.54) is 0 Å². The Balaban J connectivity index is 2.56. The molecule has 0 aliphatic heterocycles. The Morgan fingerprint density at radius 2 is 2.18 bits per heavy atom. The van der Waals surface area contributed by atoms with Gasteiger partial charge in [-0.05, 0) is 53.9 Å². The molecule has 17 heavy (non-hydrogen) atoms. The van der Waals surface area contributed by atoms with Gasteiger partial charge >= 0.3 is 0 Å². The number of hydrogen-bond donors (Lipinski definition) is 1. The van der Waals surface area contributed by atoms with E-state index in [1.807, 2.05) is 32.0 Å². The van der Waals surface area contributed by atoms with Gasteiger partial charge in [-0.1, -0.05) is 6.07 Å². The molecule has 3 nitrogen and oxygen atoms in total. The van der Waals surface area contributed by atoms with Crippen molar-refractivity contribution in [2.45, 2.75) is 26.9 Å². The van der Waals surface area contributed by atoms with Crippen LogP contribution in [0.25, 0.3) is 0 Å². The summed E-state index contributed by atoms with van der Waals surface area (Å²) in [4.78, 5) is 0. The minimum atomic E-state index is -0.364. The Hall–Kier alpha value is -1.05. The van der Waals surface area contributed by atoms with Crippen LogP contribution in [0.4, 0.5) is 0 Å². The molecule has 1 aromatic carbocycles. The molecule has 0 radical (unpaired) electrons. The van der Waals surface area contributed by atoms with Crippen molar-refractivity contribution in [3.8, 4) is 11.8 Å². The predicted octanol–water partition coefficient (Wildman–Crippen LogP) is 3.26. The van der Waals surface area contributed by atoms with Gasteiger partial charge in [0.2, 0.25) is 0 Å². The van der Waals surface area contributed by atoms with Gasteiger partial charge in [-0.3, -0.25) is 0 Å². The molecule has 0 aliphatic rings. The summed E-state index contributed by atoms with van der Waals surface area (Å²) >= 11 is 3.38. The fourth-order valence-corrected chi connectivity index (χ4v) is 1.77. The monoisotopic (exact) mass is 297 g/mol. The average Bonchev–Trinajstić information content (AvgIpc) is 2.31. The Morgan fingerprint density at radius 1 is 1.47 bits per heavy atom. The molecule has 0 atom stereocenters. The maximum Gasteiger partial charge on any atom is 0.133 e. The normalized spacial score (nSPS) is 11.0. The van der Waals surface area contributed by atoms with Crippen molar-refractivity contribution in [1.29, 1.82) is 5.26 Å². The highest BCUT2D eigenvalue weighted by atomic mass is 79.9. The van der Waals surface area contributed by atoms with Gasteiger partial charge in [0, 0.05) is 0 Å². The number of aliphatic hydroxyl groups is 1. The maximum atomic E-state index is 8.97. The number of rotatable bonds is 5. The third kappa shape index (κ3) is 4.37. The van der Waals surface area contributed by atoms with Crippen LogP contribution >= 0.6 is 15.9 Å². The maximum absolute atomic E-state index is 8.97. The van der Waals surface area contributed by atoms with Crippen molar-refractivity contribution in [2.24, 2.45) is 5.41 Å². The average molecular weight is 298 g/mol. The molecule has 0 aromatic heterocycles. The number of halogens is 1. The quantitative estimate of drug-likeness (QED) is 0.907. The van der Waals surface area contributed by atoms with E-state index >= 15 is 0 Å². The first-order chi connectivity index (χ1) is 7.98. The van der Waals surface area contributed by atoms with E-state index in [-0.39, 0.29) is 12.0 Å². The first-order valence-corrected chi connectivity index (χ1v) is 6.21. The molecule has 0 aliphatic carbocycles. The zero-order chi connectivity index (χ0) is 12.9. The standard InChI is InChI=1S/C13H16BrNO2/c1-13(2,9-15)5-6-17-12-4-3-10(8-16)7-11(12)14/h3-4,7,16H,5-6,8H2,1-2H3. The van der Waals surface area contributed by atoms with Crippen LogP contribution in [0, 0.1) is 16.7 Å². The molecule has 0 fully saturated rings. The molecule has 1 N–H and O–H groups in total. The van der Waals surface area contributed by atoms with Gasteiger partial charge in [-0.15, -0.1) is 0 Å². The number of benzene rings is 1. The number of aliphatic hydroxyl groups excluding tert-OH is 1. The van der Waals surface area contributed by atoms with Gasteiger partial charge in [-0.2, -0.15) is 5.26 Å². The highest BCUT2D eigenvalue weighted by molar-refractivity contribution is 9.10. The molecule has 4 heteroatoms. The van der Waals surface area contributed by atoms with Crippen molar-refractivity contribution in [3.63, 3.8) is 0 Å². The van der Waals surface area contributed by atoms with E-state index in [4.69, 9.17) is 15.1 Å². The second kappa shape index (κ2) is 6.04. The second-order valence-electron chi connectivity index (χ2n) is 4.52. The van der Waals surface area contributed by atoms with E-state index in [0.717, 1.165) is 15.8 Å². The van der Waals surface area contributed by atoms with Crippen molar-refractivity contribution >= 4 is 15.9 Å². The summed E-state index contributed by atoms with van der Waals surface area (Å²) in [5.41, 5.74) is 0.471. The smallest absolute Gasteiger partial charge is 0.133 e. The molecule has 1 rings (SSSR count). The third-order valence-electron chi connectivity index (χ3n) is 2.47. The second-order valence-corrected chi connectivity index (χ2v) is 5.37. The molecule has 92 valence electrons. The fraction of sp³-hybridized carbons (Fsp3) is 0.462. The first kappa shape index (κ1) is 14.0. The van der Waals surface area contributed by atoms with E-state index in [0.29, 0.717) is 13.0 Å². The molecule has 0 saturated heterocycles. The van der Waals surface area contributed by atoms with Gasteiger partial charge < -0.3 is 9.84 Å². The van der Waals surface area contributed by atoms with Crippen LogP contribution in [0.5, 0.6) is 5.75 Å².